The quantitative estimate of drug-likeness (QED) is 0.278. The maximum atomic E-state index is 11.4. The molecule has 1 aliphatic rings. The summed E-state index contributed by atoms with van der Waals surface area (Å²) < 4.78 is 6.09. The first-order chi connectivity index (χ1) is 17.5. The molecule has 1 amide bonds. The summed E-state index contributed by atoms with van der Waals surface area (Å²) in [6, 6.07) is 19.5. The Morgan fingerprint density at radius 2 is 1.89 bits per heavy atom. The summed E-state index contributed by atoms with van der Waals surface area (Å²) in [5, 5.41) is 1.19. The van der Waals surface area contributed by atoms with Crippen molar-refractivity contribution in [2.24, 2.45) is 5.73 Å². The van der Waals surface area contributed by atoms with E-state index < -0.39 is 5.91 Å². The highest BCUT2D eigenvalue weighted by atomic mass is 35.5. The minimum Gasteiger partial charge on any atom is -0.494 e. The van der Waals surface area contributed by atoms with Crippen LogP contribution >= 0.6 is 23.2 Å². The number of ether oxygens (including phenoxy) is 1. The van der Waals surface area contributed by atoms with E-state index in [4.69, 9.17) is 33.7 Å². The van der Waals surface area contributed by atoms with Crippen molar-refractivity contribution in [3.63, 3.8) is 0 Å². The summed E-state index contributed by atoms with van der Waals surface area (Å²) in [5.41, 5.74) is 9.52. The average Bonchev–Trinajstić information content (AvgIpc) is 3.31. The minimum absolute atomic E-state index is 0.454. The molecule has 186 valence electrons. The molecule has 8 heteroatoms. The van der Waals surface area contributed by atoms with Crippen LogP contribution in [0.2, 0.25) is 10.0 Å². The van der Waals surface area contributed by atoms with E-state index in [1.54, 1.807) is 18.2 Å². The lowest BCUT2D eigenvalue weighted by molar-refractivity contribution is 0.100. The standard InChI is InChI=1S/C28H28Cl2N4O2/c29-23-10-4-18(15-24(23)30)17-34-13-2-1-3-21(34)12-14-36-22-8-5-19(6-9-22)28-32-25-11-7-20(27(31)35)16-26(25)33-28/h4-11,15-16,21H,1-3,12-14,17H2,(H2,31,35)(H,32,33). The fraction of sp³-hybridized carbons (Fsp3) is 0.286. The molecule has 1 aromatic heterocycles. The number of primary amides is 1. The van der Waals surface area contributed by atoms with E-state index in [-0.39, 0.29) is 0 Å². The van der Waals surface area contributed by atoms with Gasteiger partial charge in [-0.15, -0.1) is 0 Å². The molecule has 0 saturated carbocycles. The summed E-state index contributed by atoms with van der Waals surface area (Å²) in [4.78, 5) is 21.8. The fourth-order valence-corrected chi connectivity index (χ4v) is 5.11. The third-order valence-corrected chi connectivity index (χ3v) is 7.47. The van der Waals surface area contributed by atoms with E-state index in [0.29, 0.717) is 28.3 Å². The molecule has 6 nitrogen and oxygen atoms in total. The van der Waals surface area contributed by atoms with Gasteiger partial charge in [0.05, 0.1) is 27.7 Å². The molecule has 1 unspecified atom stereocenters. The van der Waals surface area contributed by atoms with E-state index >= 15 is 0 Å². The van der Waals surface area contributed by atoms with E-state index in [9.17, 15) is 4.79 Å². The molecule has 1 aliphatic heterocycles. The van der Waals surface area contributed by atoms with Gasteiger partial charge in [-0.2, -0.15) is 0 Å². The van der Waals surface area contributed by atoms with Crippen LogP contribution in [-0.4, -0.2) is 40.0 Å². The van der Waals surface area contributed by atoms with Gasteiger partial charge in [-0.1, -0.05) is 35.7 Å². The molecule has 3 N–H and O–H groups in total. The Labute approximate surface area is 220 Å². The van der Waals surface area contributed by atoms with E-state index in [1.165, 1.54) is 24.8 Å². The monoisotopic (exact) mass is 522 g/mol. The zero-order valence-electron chi connectivity index (χ0n) is 19.8. The number of aromatic nitrogens is 2. The number of hydrogen-bond acceptors (Lipinski definition) is 4. The van der Waals surface area contributed by atoms with Gasteiger partial charge in [0, 0.05) is 23.7 Å². The molecular formula is C28H28Cl2N4O2. The van der Waals surface area contributed by atoms with Crippen LogP contribution in [0.4, 0.5) is 0 Å². The maximum absolute atomic E-state index is 11.4. The van der Waals surface area contributed by atoms with Crippen LogP contribution in [0.1, 0.15) is 41.6 Å². The number of nitrogens with two attached hydrogens (primary N) is 1. The molecule has 5 rings (SSSR count). The van der Waals surface area contributed by atoms with Crippen LogP contribution in [0.5, 0.6) is 5.75 Å². The van der Waals surface area contributed by atoms with Crippen molar-refractivity contribution in [3.8, 4) is 17.1 Å². The van der Waals surface area contributed by atoms with E-state index in [0.717, 1.165) is 47.7 Å². The smallest absolute Gasteiger partial charge is 0.248 e. The third-order valence-electron chi connectivity index (χ3n) is 6.73. The lowest BCUT2D eigenvalue weighted by atomic mass is 9.99. The third kappa shape index (κ3) is 5.67. The Balaban J connectivity index is 1.18. The number of fused-ring (bicyclic) bond motifs is 1. The number of H-pyrrole nitrogens is 1. The van der Waals surface area contributed by atoms with Gasteiger partial charge < -0.3 is 15.5 Å². The van der Waals surface area contributed by atoms with E-state index in [2.05, 4.69) is 20.9 Å². The normalized spacial score (nSPS) is 16.3. The summed E-state index contributed by atoms with van der Waals surface area (Å²) >= 11 is 12.3. The molecule has 1 fully saturated rings. The Morgan fingerprint density at radius 1 is 1.06 bits per heavy atom. The van der Waals surface area contributed by atoms with Gasteiger partial charge in [-0.3, -0.25) is 9.69 Å². The number of imidazole rings is 1. The van der Waals surface area contributed by atoms with Gasteiger partial charge in [-0.25, -0.2) is 4.98 Å². The second kappa shape index (κ2) is 10.9. The van der Waals surface area contributed by atoms with Crippen LogP contribution < -0.4 is 10.5 Å². The molecule has 0 spiro atoms. The first kappa shape index (κ1) is 24.6. The summed E-state index contributed by atoms with van der Waals surface area (Å²) in [5.74, 6) is 1.11. The van der Waals surface area contributed by atoms with Gasteiger partial charge >= 0.3 is 0 Å². The lowest BCUT2D eigenvalue weighted by Gasteiger charge is -2.36. The van der Waals surface area contributed by atoms with Crippen molar-refractivity contribution < 1.29 is 9.53 Å². The zero-order valence-corrected chi connectivity index (χ0v) is 21.4. The number of piperidine rings is 1. The number of aromatic amines is 1. The highest BCUT2D eigenvalue weighted by Gasteiger charge is 2.22. The van der Waals surface area contributed by atoms with Gasteiger partial charge in [-0.05, 0) is 86.0 Å². The number of carbonyl (C=O) groups is 1. The van der Waals surface area contributed by atoms with Crippen molar-refractivity contribution >= 4 is 40.1 Å². The van der Waals surface area contributed by atoms with Crippen LogP contribution in [-0.2, 0) is 6.54 Å². The highest BCUT2D eigenvalue weighted by Crippen LogP contribution is 2.27. The Morgan fingerprint density at radius 3 is 2.67 bits per heavy atom. The molecule has 2 heterocycles. The Hall–Kier alpha value is -3.06. The van der Waals surface area contributed by atoms with Gasteiger partial charge in [0.2, 0.25) is 5.91 Å². The molecule has 1 saturated heterocycles. The van der Waals surface area contributed by atoms with Crippen molar-refractivity contribution in [3.05, 3.63) is 81.8 Å². The average molecular weight is 523 g/mol. The molecular weight excluding hydrogens is 495 g/mol. The molecule has 0 aliphatic carbocycles. The number of carbonyl (C=O) groups excluding carboxylic acids is 1. The summed E-state index contributed by atoms with van der Waals surface area (Å²) in [7, 11) is 0. The largest absolute Gasteiger partial charge is 0.494 e. The fourth-order valence-electron chi connectivity index (χ4n) is 4.79. The predicted octanol–water partition coefficient (Wildman–Crippen LogP) is 6.46. The maximum Gasteiger partial charge on any atom is 0.248 e. The first-order valence-electron chi connectivity index (χ1n) is 12.2. The SMILES string of the molecule is NC(=O)c1ccc2nc(-c3ccc(OCCC4CCCCN4Cc4ccc(Cl)c(Cl)c4)cc3)[nH]c2c1. The van der Waals surface area contributed by atoms with Gasteiger partial charge in [0.25, 0.3) is 0 Å². The van der Waals surface area contributed by atoms with Crippen molar-refractivity contribution in [1.29, 1.82) is 0 Å². The van der Waals surface area contributed by atoms with Crippen LogP contribution in [0.25, 0.3) is 22.4 Å². The first-order valence-corrected chi connectivity index (χ1v) is 12.9. The van der Waals surface area contributed by atoms with Gasteiger partial charge in [0.15, 0.2) is 0 Å². The molecule has 0 radical (unpaired) electrons. The van der Waals surface area contributed by atoms with Crippen LogP contribution in [0.3, 0.4) is 0 Å². The van der Waals surface area contributed by atoms with Crippen molar-refractivity contribution in [2.75, 3.05) is 13.2 Å². The number of halogens is 2. The van der Waals surface area contributed by atoms with Crippen molar-refractivity contribution in [2.45, 2.75) is 38.3 Å². The summed E-state index contributed by atoms with van der Waals surface area (Å²) in [6.07, 6.45) is 4.60. The van der Waals surface area contributed by atoms with Crippen LogP contribution in [0.15, 0.2) is 60.7 Å². The van der Waals surface area contributed by atoms with Crippen molar-refractivity contribution in [1.82, 2.24) is 14.9 Å². The number of likely N-dealkylation sites (tertiary alicyclic amines) is 1. The second-order valence-corrected chi connectivity index (χ2v) is 10.0. The minimum atomic E-state index is -0.458. The second-order valence-electron chi connectivity index (χ2n) is 9.21. The zero-order chi connectivity index (χ0) is 25.1. The van der Waals surface area contributed by atoms with Gasteiger partial charge in [0.1, 0.15) is 11.6 Å². The number of nitrogens with one attached hydrogen (secondary N) is 1. The predicted molar refractivity (Wildman–Crippen MR) is 145 cm³/mol. The lowest BCUT2D eigenvalue weighted by Crippen LogP contribution is -2.39. The highest BCUT2D eigenvalue weighted by molar-refractivity contribution is 6.42. The summed E-state index contributed by atoms with van der Waals surface area (Å²) in [6.45, 7) is 2.61. The molecule has 3 aromatic carbocycles. The number of rotatable bonds is 8. The number of nitrogens with zero attached hydrogens (tertiary/aromatic N) is 2. The Kier molecular flexibility index (Phi) is 7.46. The number of amides is 1. The molecule has 4 aromatic rings. The molecule has 36 heavy (non-hydrogen) atoms. The topological polar surface area (TPSA) is 84.2 Å². The number of hydrogen-bond donors (Lipinski definition) is 2. The van der Waals surface area contributed by atoms with E-state index in [1.807, 2.05) is 36.4 Å². The van der Waals surface area contributed by atoms with Crippen LogP contribution in [0, 0.1) is 0 Å². The number of benzene rings is 3. The molecule has 0 bridgehead atoms. The Bertz CT molecular complexity index is 1370. The molecule has 1 atom stereocenters.